The van der Waals surface area contributed by atoms with E-state index in [1.54, 1.807) is 13.8 Å². The molecule has 0 saturated carbocycles. The van der Waals surface area contributed by atoms with Crippen LogP contribution in [-0.4, -0.2) is 57.6 Å². The number of rotatable bonds is 9. The van der Waals surface area contributed by atoms with Crippen molar-refractivity contribution >= 4 is 25.3 Å². The summed E-state index contributed by atoms with van der Waals surface area (Å²) in [5, 5.41) is 13.1. The number of methoxy groups -OCH3 is 1. The Balaban J connectivity index is 2.96. The molecule has 0 aliphatic carbocycles. The second kappa shape index (κ2) is 10.2. The van der Waals surface area contributed by atoms with E-state index < -0.39 is 36.8 Å². The number of amides is 2. The number of urea groups is 1. The molecule has 0 unspecified atom stereocenters. The lowest BCUT2D eigenvalue weighted by molar-refractivity contribution is -0.384. The van der Waals surface area contributed by atoms with E-state index in [2.05, 4.69) is 10.1 Å². The summed E-state index contributed by atoms with van der Waals surface area (Å²) in [5.74, 6) is -0.823. The Labute approximate surface area is 162 Å². The normalized spacial score (nSPS) is 12.4. The lowest BCUT2D eigenvalue weighted by Crippen LogP contribution is -2.50. The van der Waals surface area contributed by atoms with Crippen LogP contribution in [0.25, 0.3) is 0 Å². The molecule has 0 saturated heterocycles. The van der Waals surface area contributed by atoms with Crippen molar-refractivity contribution in [1.82, 2.24) is 10.2 Å². The van der Waals surface area contributed by atoms with Gasteiger partial charge in [-0.15, -0.1) is 0 Å². The van der Waals surface area contributed by atoms with Crippen molar-refractivity contribution in [3.05, 3.63) is 39.9 Å². The second-order valence-corrected chi connectivity index (χ2v) is 8.19. The Bertz CT molecular complexity index is 747. The minimum absolute atomic E-state index is 0.0121. The predicted molar refractivity (Wildman–Crippen MR) is 99.6 cm³/mol. The molecular formula is C16H24N3O8P. The maximum absolute atomic E-state index is 12.5. The van der Waals surface area contributed by atoms with Gasteiger partial charge >= 0.3 is 19.6 Å². The monoisotopic (exact) mass is 417 g/mol. The molecule has 11 nitrogen and oxygen atoms in total. The van der Waals surface area contributed by atoms with Gasteiger partial charge in [-0.1, -0.05) is 26.0 Å². The van der Waals surface area contributed by atoms with Crippen LogP contribution in [0.3, 0.4) is 0 Å². The highest BCUT2D eigenvalue weighted by molar-refractivity contribution is 7.51. The molecule has 1 rings (SSSR count). The van der Waals surface area contributed by atoms with Gasteiger partial charge in [0.05, 0.1) is 12.0 Å². The third-order valence-corrected chi connectivity index (χ3v) is 4.31. The van der Waals surface area contributed by atoms with Crippen LogP contribution in [0, 0.1) is 16.0 Å². The molecule has 12 heteroatoms. The zero-order chi connectivity index (χ0) is 21.5. The van der Waals surface area contributed by atoms with Crippen molar-refractivity contribution in [3.8, 4) is 0 Å². The Kier molecular flexibility index (Phi) is 8.55. The smallest absolute Gasteiger partial charge is 0.344 e. The van der Waals surface area contributed by atoms with Gasteiger partial charge in [-0.25, -0.2) is 9.59 Å². The molecule has 3 N–H and O–H groups in total. The van der Waals surface area contributed by atoms with E-state index in [1.807, 2.05) is 0 Å². The quantitative estimate of drug-likeness (QED) is 0.236. The van der Waals surface area contributed by atoms with Gasteiger partial charge in [0, 0.05) is 25.1 Å². The Morgan fingerprint density at radius 1 is 1.29 bits per heavy atom. The van der Waals surface area contributed by atoms with E-state index in [1.165, 1.54) is 24.3 Å². The number of esters is 1. The number of non-ortho nitro benzene ring substituents is 1. The number of nitro groups is 1. The standard InChI is InChI=1S/C16H24N3O8P/c1-11(2)9-18(10-28(24,25)26)16(21)17-14(15(20)27-3)8-12-4-6-13(7-5-12)19(22)23/h4-7,11,14H,8-10H2,1-3H3,(H,17,21)(H2,24,25,26)/t14-/m0/s1. The molecule has 0 fully saturated rings. The first-order valence-corrected chi connectivity index (χ1v) is 10.1. The van der Waals surface area contributed by atoms with Gasteiger partial charge in [0.15, 0.2) is 0 Å². The van der Waals surface area contributed by atoms with Crippen molar-refractivity contribution in [1.29, 1.82) is 0 Å². The number of benzene rings is 1. The minimum atomic E-state index is -4.50. The largest absolute Gasteiger partial charge is 0.467 e. The summed E-state index contributed by atoms with van der Waals surface area (Å²) in [7, 11) is -3.36. The van der Waals surface area contributed by atoms with E-state index >= 15 is 0 Å². The summed E-state index contributed by atoms with van der Waals surface area (Å²) < 4.78 is 16.0. The van der Waals surface area contributed by atoms with E-state index in [4.69, 9.17) is 0 Å². The molecule has 0 radical (unpaired) electrons. The van der Waals surface area contributed by atoms with Crippen LogP contribution in [0.4, 0.5) is 10.5 Å². The van der Waals surface area contributed by atoms with Crippen LogP contribution >= 0.6 is 7.60 Å². The molecule has 1 aromatic carbocycles. The highest BCUT2D eigenvalue weighted by Gasteiger charge is 2.28. The van der Waals surface area contributed by atoms with Crippen LogP contribution < -0.4 is 5.32 Å². The fraction of sp³-hybridized carbons (Fsp3) is 0.500. The first kappa shape index (κ1) is 23.5. The van der Waals surface area contributed by atoms with Gasteiger partial charge in [-0.05, 0) is 11.5 Å². The SMILES string of the molecule is COC(=O)[C@H](Cc1ccc([N+](=O)[O-])cc1)NC(=O)N(CC(C)C)CP(=O)(O)O. The van der Waals surface area contributed by atoms with Gasteiger partial charge in [0.1, 0.15) is 12.3 Å². The van der Waals surface area contributed by atoms with Gasteiger partial charge in [0.2, 0.25) is 0 Å². The zero-order valence-corrected chi connectivity index (χ0v) is 16.7. The van der Waals surface area contributed by atoms with Gasteiger partial charge in [-0.3, -0.25) is 14.7 Å². The van der Waals surface area contributed by atoms with Crippen molar-refractivity contribution in [3.63, 3.8) is 0 Å². The molecule has 0 aliphatic rings. The number of nitrogens with zero attached hydrogens (tertiary/aromatic N) is 2. The van der Waals surface area contributed by atoms with Crippen LogP contribution in [0.15, 0.2) is 24.3 Å². The van der Waals surface area contributed by atoms with E-state index in [0.29, 0.717) is 5.56 Å². The maximum Gasteiger partial charge on any atom is 0.344 e. The van der Waals surface area contributed by atoms with Crippen molar-refractivity contribution in [2.24, 2.45) is 5.92 Å². The van der Waals surface area contributed by atoms with Crippen molar-refractivity contribution in [2.75, 3.05) is 19.9 Å². The molecule has 0 heterocycles. The number of hydrogen-bond donors (Lipinski definition) is 3. The number of carbonyl (C=O) groups excluding carboxylic acids is 2. The highest BCUT2D eigenvalue weighted by atomic mass is 31.2. The van der Waals surface area contributed by atoms with Crippen molar-refractivity contribution in [2.45, 2.75) is 26.3 Å². The third-order valence-electron chi connectivity index (χ3n) is 3.60. The van der Waals surface area contributed by atoms with Crippen LogP contribution in [0.5, 0.6) is 0 Å². The molecule has 156 valence electrons. The summed E-state index contributed by atoms with van der Waals surface area (Å²) in [6.07, 6.45) is -0.801. The topological polar surface area (TPSA) is 159 Å². The third kappa shape index (κ3) is 8.03. The first-order chi connectivity index (χ1) is 12.9. The summed E-state index contributed by atoms with van der Waals surface area (Å²) in [4.78, 5) is 54.0. The fourth-order valence-electron chi connectivity index (χ4n) is 2.43. The Morgan fingerprint density at radius 3 is 2.29 bits per heavy atom. The number of nitro benzene ring substituents is 1. The zero-order valence-electron chi connectivity index (χ0n) is 15.8. The molecule has 1 aromatic rings. The average Bonchev–Trinajstić information content (AvgIpc) is 2.58. The average molecular weight is 417 g/mol. The molecule has 0 bridgehead atoms. The number of nitrogens with one attached hydrogen (secondary N) is 1. The van der Waals surface area contributed by atoms with Crippen molar-refractivity contribution < 1.29 is 33.6 Å². The predicted octanol–water partition coefficient (Wildman–Crippen LogP) is 1.48. The van der Waals surface area contributed by atoms with Gasteiger partial charge in [0.25, 0.3) is 5.69 Å². The lowest BCUT2D eigenvalue weighted by atomic mass is 10.1. The molecule has 28 heavy (non-hydrogen) atoms. The Hall–Kier alpha value is -2.49. The summed E-state index contributed by atoms with van der Waals surface area (Å²) >= 11 is 0. The van der Waals surface area contributed by atoms with Gasteiger partial charge < -0.3 is 24.7 Å². The number of hydrogen-bond acceptors (Lipinski definition) is 6. The minimum Gasteiger partial charge on any atom is -0.467 e. The summed E-state index contributed by atoms with van der Waals surface area (Å²) in [6.45, 7) is 3.62. The molecule has 0 spiro atoms. The summed E-state index contributed by atoms with van der Waals surface area (Å²) in [6, 6.07) is 3.47. The highest BCUT2D eigenvalue weighted by Crippen LogP contribution is 2.35. The van der Waals surface area contributed by atoms with E-state index in [9.17, 15) is 34.1 Å². The Morgan fingerprint density at radius 2 is 1.86 bits per heavy atom. The molecule has 0 aliphatic heterocycles. The number of ether oxygens (including phenoxy) is 1. The molecule has 1 atom stereocenters. The van der Waals surface area contributed by atoms with E-state index in [-0.39, 0.29) is 24.6 Å². The van der Waals surface area contributed by atoms with Crippen LogP contribution in [0.1, 0.15) is 19.4 Å². The van der Waals surface area contributed by atoms with Crippen LogP contribution in [-0.2, 0) is 20.5 Å². The molecular weight excluding hydrogens is 393 g/mol. The fourth-order valence-corrected chi connectivity index (χ4v) is 3.12. The molecule has 0 aromatic heterocycles. The number of carbonyl (C=O) groups is 2. The molecule has 2 amide bonds. The maximum atomic E-state index is 12.5. The van der Waals surface area contributed by atoms with Crippen LogP contribution in [0.2, 0.25) is 0 Å². The summed E-state index contributed by atoms with van der Waals surface area (Å²) in [5.41, 5.74) is 0.416. The first-order valence-electron chi connectivity index (χ1n) is 8.34. The second-order valence-electron chi connectivity index (χ2n) is 6.58. The van der Waals surface area contributed by atoms with Gasteiger partial charge in [-0.2, -0.15) is 0 Å². The van der Waals surface area contributed by atoms with E-state index in [0.717, 1.165) is 12.0 Å². The lowest BCUT2D eigenvalue weighted by Gasteiger charge is -2.27.